The molecule has 0 aliphatic carbocycles. The predicted octanol–water partition coefficient (Wildman–Crippen LogP) is 2.81. The van der Waals surface area contributed by atoms with Crippen LogP contribution in [0.2, 0.25) is 0 Å². The molecule has 0 bridgehead atoms. The lowest BCUT2D eigenvalue weighted by atomic mass is 9.98. The van der Waals surface area contributed by atoms with Crippen LogP contribution in [0.25, 0.3) is 0 Å². The Balaban J connectivity index is 2.04. The Morgan fingerprint density at radius 1 is 0.926 bits per heavy atom. The number of esters is 1. The highest BCUT2D eigenvalue weighted by molar-refractivity contribution is 5.83. The molecule has 0 unspecified atom stereocenters. The molecule has 0 spiro atoms. The van der Waals surface area contributed by atoms with Crippen molar-refractivity contribution in [1.29, 1.82) is 0 Å². The van der Waals surface area contributed by atoms with Gasteiger partial charge in [0.15, 0.2) is 6.61 Å². The largest absolute Gasteiger partial charge is 0.497 e. The zero-order valence-corrected chi connectivity index (χ0v) is 15.4. The zero-order valence-electron chi connectivity index (χ0n) is 15.4. The Morgan fingerprint density at radius 2 is 1.56 bits per heavy atom. The molecular weight excluding hydrogens is 346 g/mol. The lowest BCUT2D eigenvalue weighted by molar-refractivity contribution is -0.149. The summed E-state index contributed by atoms with van der Waals surface area (Å²) in [5, 5.41) is 2.88. The van der Waals surface area contributed by atoms with Crippen molar-refractivity contribution in [1.82, 2.24) is 5.32 Å². The van der Waals surface area contributed by atoms with Crippen LogP contribution in [-0.4, -0.2) is 31.4 Å². The monoisotopic (exact) mass is 369 g/mol. The molecule has 0 aliphatic rings. The molecule has 6 heteroatoms. The SMILES string of the molecule is COc1ccc([C@H](NC(=O)COC(=O)CCC(C)=O)c2ccccc2)cc1. The molecule has 142 valence electrons. The molecule has 0 aromatic heterocycles. The van der Waals surface area contributed by atoms with E-state index in [1.54, 1.807) is 7.11 Å². The van der Waals surface area contributed by atoms with E-state index in [0.717, 1.165) is 16.9 Å². The second-order valence-corrected chi connectivity index (χ2v) is 6.05. The van der Waals surface area contributed by atoms with Crippen LogP contribution in [0, 0.1) is 0 Å². The van der Waals surface area contributed by atoms with Crippen molar-refractivity contribution >= 4 is 17.7 Å². The molecule has 0 radical (unpaired) electrons. The summed E-state index contributed by atoms with van der Waals surface area (Å²) in [7, 11) is 1.59. The van der Waals surface area contributed by atoms with E-state index < -0.39 is 18.5 Å². The van der Waals surface area contributed by atoms with Crippen molar-refractivity contribution in [3.63, 3.8) is 0 Å². The lowest BCUT2D eigenvalue weighted by Crippen LogP contribution is -2.33. The third kappa shape index (κ3) is 6.58. The molecule has 0 saturated heterocycles. The second kappa shape index (κ2) is 10.1. The van der Waals surface area contributed by atoms with Gasteiger partial charge in [0.05, 0.1) is 19.6 Å². The van der Waals surface area contributed by atoms with Gasteiger partial charge in [0.1, 0.15) is 11.5 Å². The standard InChI is InChI=1S/C21H23NO5/c1-15(23)8-13-20(25)27-14-19(24)22-21(16-6-4-3-5-7-16)17-9-11-18(26-2)12-10-17/h3-7,9-12,21H,8,13-14H2,1-2H3,(H,22,24)/t21-/m1/s1. The molecule has 0 fully saturated rings. The van der Waals surface area contributed by atoms with Crippen molar-refractivity contribution < 1.29 is 23.9 Å². The first kappa shape index (κ1) is 20.2. The van der Waals surface area contributed by atoms with Crippen LogP contribution in [0.5, 0.6) is 5.75 Å². The smallest absolute Gasteiger partial charge is 0.306 e. The highest BCUT2D eigenvalue weighted by atomic mass is 16.5. The molecule has 27 heavy (non-hydrogen) atoms. The molecule has 1 amide bonds. The van der Waals surface area contributed by atoms with Gasteiger partial charge in [0, 0.05) is 6.42 Å². The summed E-state index contributed by atoms with van der Waals surface area (Å²) in [5.74, 6) is -0.367. The molecular formula is C21H23NO5. The first-order valence-corrected chi connectivity index (χ1v) is 8.63. The average molecular weight is 369 g/mol. The maximum Gasteiger partial charge on any atom is 0.306 e. The Hall–Kier alpha value is -3.15. The Kier molecular flexibility index (Phi) is 7.55. The van der Waals surface area contributed by atoms with Crippen molar-refractivity contribution in [2.75, 3.05) is 13.7 Å². The molecule has 0 saturated carbocycles. The number of methoxy groups -OCH3 is 1. The van der Waals surface area contributed by atoms with E-state index in [4.69, 9.17) is 9.47 Å². The fraction of sp³-hybridized carbons (Fsp3) is 0.286. The number of hydrogen-bond donors (Lipinski definition) is 1. The van der Waals surface area contributed by atoms with E-state index in [9.17, 15) is 14.4 Å². The fourth-order valence-electron chi connectivity index (χ4n) is 2.50. The van der Waals surface area contributed by atoms with E-state index in [0.29, 0.717) is 0 Å². The third-order valence-electron chi connectivity index (χ3n) is 3.93. The number of rotatable bonds is 9. The van der Waals surface area contributed by atoms with E-state index in [2.05, 4.69) is 5.32 Å². The van der Waals surface area contributed by atoms with Crippen LogP contribution in [0.1, 0.15) is 36.9 Å². The number of ether oxygens (including phenoxy) is 2. The Morgan fingerprint density at radius 3 is 2.15 bits per heavy atom. The topological polar surface area (TPSA) is 81.7 Å². The van der Waals surface area contributed by atoms with E-state index >= 15 is 0 Å². The number of hydrogen-bond acceptors (Lipinski definition) is 5. The van der Waals surface area contributed by atoms with Gasteiger partial charge in [-0.15, -0.1) is 0 Å². The van der Waals surface area contributed by atoms with Crippen LogP contribution in [0.3, 0.4) is 0 Å². The maximum atomic E-state index is 12.3. The highest BCUT2D eigenvalue weighted by Crippen LogP contribution is 2.24. The normalized spacial score (nSPS) is 11.3. The number of benzene rings is 2. The minimum Gasteiger partial charge on any atom is -0.497 e. The van der Waals surface area contributed by atoms with E-state index in [1.165, 1.54) is 6.92 Å². The van der Waals surface area contributed by atoms with Crippen molar-refractivity contribution in [3.05, 3.63) is 65.7 Å². The van der Waals surface area contributed by atoms with Crippen LogP contribution >= 0.6 is 0 Å². The minimum atomic E-state index is -0.568. The molecule has 2 aromatic carbocycles. The van der Waals surface area contributed by atoms with Gasteiger partial charge < -0.3 is 19.6 Å². The predicted molar refractivity (Wildman–Crippen MR) is 100 cm³/mol. The Bertz CT molecular complexity index is 771. The number of amides is 1. The summed E-state index contributed by atoms with van der Waals surface area (Å²) in [6.45, 7) is 1.01. The van der Waals surface area contributed by atoms with Crippen molar-refractivity contribution in [2.24, 2.45) is 0 Å². The lowest BCUT2D eigenvalue weighted by Gasteiger charge is -2.20. The zero-order chi connectivity index (χ0) is 19.6. The van der Waals surface area contributed by atoms with Gasteiger partial charge >= 0.3 is 5.97 Å². The van der Waals surface area contributed by atoms with Crippen LogP contribution in [0.4, 0.5) is 0 Å². The summed E-state index contributed by atoms with van der Waals surface area (Å²) in [6, 6.07) is 16.5. The maximum absolute atomic E-state index is 12.3. The van der Waals surface area contributed by atoms with Gasteiger partial charge in [-0.3, -0.25) is 9.59 Å². The summed E-state index contributed by atoms with van der Waals surface area (Å²) < 4.78 is 10.1. The van der Waals surface area contributed by atoms with Gasteiger partial charge in [0.25, 0.3) is 5.91 Å². The van der Waals surface area contributed by atoms with Gasteiger partial charge in [-0.2, -0.15) is 0 Å². The van der Waals surface area contributed by atoms with Crippen LogP contribution in [0.15, 0.2) is 54.6 Å². The average Bonchev–Trinajstić information content (AvgIpc) is 2.69. The summed E-state index contributed by atoms with van der Waals surface area (Å²) in [4.78, 5) is 34.8. The minimum absolute atomic E-state index is 0.0246. The summed E-state index contributed by atoms with van der Waals surface area (Å²) in [6.07, 6.45) is 0.0855. The molecule has 2 aromatic rings. The molecule has 1 atom stereocenters. The number of carbonyl (C=O) groups is 3. The van der Waals surface area contributed by atoms with Crippen molar-refractivity contribution in [3.8, 4) is 5.75 Å². The van der Waals surface area contributed by atoms with Gasteiger partial charge in [-0.05, 0) is 30.2 Å². The fourth-order valence-corrected chi connectivity index (χ4v) is 2.50. The van der Waals surface area contributed by atoms with Gasteiger partial charge in [-0.25, -0.2) is 0 Å². The van der Waals surface area contributed by atoms with Crippen LogP contribution < -0.4 is 10.1 Å². The first-order chi connectivity index (χ1) is 13.0. The molecule has 0 aliphatic heterocycles. The number of nitrogens with one attached hydrogen (secondary N) is 1. The molecule has 6 nitrogen and oxygen atoms in total. The number of carbonyl (C=O) groups excluding carboxylic acids is 3. The number of ketones is 1. The molecule has 1 N–H and O–H groups in total. The summed E-state index contributed by atoms with van der Waals surface area (Å²) >= 11 is 0. The highest BCUT2D eigenvalue weighted by Gasteiger charge is 2.18. The van der Waals surface area contributed by atoms with E-state index in [-0.39, 0.29) is 24.7 Å². The van der Waals surface area contributed by atoms with Crippen molar-refractivity contribution in [2.45, 2.75) is 25.8 Å². The Labute approximate surface area is 158 Å². The van der Waals surface area contributed by atoms with Gasteiger partial charge in [-0.1, -0.05) is 42.5 Å². The van der Waals surface area contributed by atoms with Crippen LogP contribution in [-0.2, 0) is 19.1 Å². The number of Topliss-reactive ketones (excluding diaryl/α,β-unsaturated/α-hetero) is 1. The molecule has 0 heterocycles. The third-order valence-corrected chi connectivity index (χ3v) is 3.93. The second-order valence-electron chi connectivity index (χ2n) is 6.05. The quantitative estimate of drug-likeness (QED) is 0.688. The summed E-state index contributed by atoms with van der Waals surface area (Å²) in [5.41, 5.74) is 1.78. The van der Waals surface area contributed by atoms with E-state index in [1.807, 2.05) is 54.6 Å². The molecule has 2 rings (SSSR count). The first-order valence-electron chi connectivity index (χ1n) is 8.63. The van der Waals surface area contributed by atoms with Gasteiger partial charge in [0.2, 0.25) is 0 Å².